The first-order valence-corrected chi connectivity index (χ1v) is 9.20. The summed E-state index contributed by atoms with van der Waals surface area (Å²) in [5, 5.41) is 8.86. The number of carbonyl (C=O) groups is 1. The topological polar surface area (TPSA) is 50.1 Å². The van der Waals surface area contributed by atoms with E-state index in [4.69, 9.17) is 10.00 Å². The number of ether oxygens (including phenoxy) is 1. The third-order valence-corrected chi connectivity index (χ3v) is 6.80. The van der Waals surface area contributed by atoms with E-state index in [0.29, 0.717) is 12.0 Å². The monoisotopic (exact) mass is 499 g/mol. The summed E-state index contributed by atoms with van der Waals surface area (Å²) in [5.41, 5.74) is 0.618. The second kappa shape index (κ2) is 9.03. The highest BCUT2D eigenvalue weighted by atomic mass is 127. The fourth-order valence-electron chi connectivity index (χ4n) is 1.89. The molecule has 2 unspecified atom stereocenters. The lowest BCUT2D eigenvalue weighted by Crippen LogP contribution is -2.36. The van der Waals surface area contributed by atoms with Crippen LogP contribution in [0.3, 0.4) is 0 Å². The first-order valence-electron chi connectivity index (χ1n) is 6.88. The highest BCUT2D eigenvalue weighted by Crippen LogP contribution is 2.37. The maximum Gasteiger partial charge on any atom is 0.307 e. The van der Waals surface area contributed by atoms with Crippen LogP contribution in [0.5, 0.6) is 0 Å². The lowest BCUT2D eigenvalue weighted by Gasteiger charge is -2.30. The minimum absolute atomic E-state index is 0.0237. The van der Waals surface area contributed by atoms with E-state index in [1.54, 1.807) is 12.2 Å². The summed E-state index contributed by atoms with van der Waals surface area (Å²) >= 11 is 4.34. The molecule has 0 N–H and O–H groups in total. The predicted molar refractivity (Wildman–Crippen MR) is 96.9 cm³/mol. The Kier molecular flexibility index (Phi) is 8.10. The van der Waals surface area contributed by atoms with Crippen LogP contribution >= 0.6 is 45.2 Å². The Bertz CT molecular complexity index is 440. The van der Waals surface area contributed by atoms with Crippen molar-refractivity contribution < 1.29 is 9.53 Å². The molecule has 5 heteroatoms. The number of rotatable bonds is 7. The van der Waals surface area contributed by atoms with E-state index < -0.39 is 3.61 Å². The van der Waals surface area contributed by atoms with Gasteiger partial charge in [-0.3, -0.25) is 4.79 Å². The number of unbranched alkanes of at least 4 members (excludes halogenated alkanes) is 4. The van der Waals surface area contributed by atoms with Gasteiger partial charge in [-0.2, -0.15) is 5.26 Å². The molecule has 0 fully saturated rings. The molecule has 1 rings (SSSR count). The Morgan fingerprint density at radius 3 is 2.75 bits per heavy atom. The third-order valence-electron chi connectivity index (χ3n) is 3.08. The zero-order valence-corrected chi connectivity index (χ0v) is 15.9. The van der Waals surface area contributed by atoms with Crippen LogP contribution in [0.15, 0.2) is 23.8 Å². The van der Waals surface area contributed by atoms with Crippen LogP contribution < -0.4 is 0 Å². The SMILES string of the molecule is CCCCCCCC(=O)OC1(I)C=CC(C#N)=CC1I. The lowest BCUT2D eigenvalue weighted by molar-refractivity contribution is -0.147. The second-order valence-corrected chi connectivity index (χ2v) is 7.83. The van der Waals surface area contributed by atoms with E-state index >= 15 is 0 Å². The van der Waals surface area contributed by atoms with Crippen LogP contribution in [0.4, 0.5) is 0 Å². The van der Waals surface area contributed by atoms with Crippen molar-refractivity contribution >= 4 is 51.2 Å². The molecule has 0 amide bonds. The molecule has 20 heavy (non-hydrogen) atoms. The normalized spacial score (nSPS) is 24.9. The Labute approximate surface area is 148 Å². The molecular weight excluding hydrogens is 480 g/mol. The molecule has 2 atom stereocenters. The molecule has 0 heterocycles. The summed E-state index contributed by atoms with van der Waals surface area (Å²) in [7, 11) is 0. The second-order valence-electron chi connectivity index (χ2n) is 4.80. The predicted octanol–water partition coefficient (Wildman–Crippen LogP) is 4.84. The Hall–Kier alpha value is -0.100. The van der Waals surface area contributed by atoms with E-state index in [9.17, 15) is 4.79 Å². The molecule has 0 saturated carbocycles. The van der Waals surface area contributed by atoms with Gasteiger partial charge in [-0.15, -0.1) is 0 Å². The minimum atomic E-state index is -0.667. The molecule has 0 radical (unpaired) electrons. The van der Waals surface area contributed by atoms with E-state index in [-0.39, 0.29) is 9.89 Å². The van der Waals surface area contributed by atoms with Crippen LogP contribution in [0.1, 0.15) is 45.4 Å². The average molecular weight is 499 g/mol. The van der Waals surface area contributed by atoms with Gasteiger partial charge in [-0.05, 0) is 47.2 Å². The fraction of sp³-hybridized carbons (Fsp3) is 0.600. The molecule has 1 aliphatic rings. The zero-order chi connectivity index (χ0) is 15.0. The number of alkyl halides is 2. The smallest absolute Gasteiger partial charge is 0.307 e. The summed E-state index contributed by atoms with van der Waals surface area (Å²) in [6, 6.07) is 2.10. The molecule has 0 spiro atoms. The number of hydrogen-bond donors (Lipinski definition) is 0. The summed E-state index contributed by atoms with van der Waals surface area (Å²) in [6.07, 6.45) is 11.4. The number of halogens is 2. The zero-order valence-electron chi connectivity index (χ0n) is 11.6. The van der Waals surface area contributed by atoms with E-state index in [1.807, 2.05) is 6.08 Å². The van der Waals surface area contributed by atoms with Crippen molar-refractivity contribution in [2.75, 3.05) is 0 Å². The fourth-order valence-corrected chi connectivity index (χ4v) is 3.21. The van der Waals surface area contributed by atoms with E-state index in [2.05, 4.69) is 58.2 Å². The maximum atomic E-state index is 11.9. The number of esters is 1. The van der Waals surface area contributed by atoms with Gasteiger partial charge in [0, 0.05) is 12.0 Å². The van der Waals surface area contributed by atoms with Gasteiger partial charge < -0.3 is 4.74 Å². The molecule has 0 aliphatic heterocycles. The van der Waals surface area contributed by atoms with Crippen LogP contribution in [-0.4, -0.2) is 13.5 Å². The first-order chi connectivity index (χ1) is 9.51. The highest BCUT2D eigenvalue weighted by Gasteiger charge is 2.37. The quantitative estimate of drug-likeness (QED) is 0.218. The number of hydrogen-bond acceptors (Lipinski definition) is 3. The van der Waals surface area contributed by atoms with Crippen molar-refractivity contribution in [1.29, 1.82) is 5.26 Å². The van der Waals surface area contributed by atoms with Gasteiger partial charge in [0.1, 0.15) is 0 Å². The largest absolute Gasteiger partial charge is 0.443 e. The van der Waals surface area contributed by atoms with Gasteiger partial charge in [0.15, 0.2) is 3.61 Å². The summed E-state index contributed by atoms with van der Waals surface area (Å²) in [5.74, 6) is -0.156. The van der Waals surface area contributed by atoms with Crippen molar-refractivity contribution in [3.05, 3.63) is 23.8 Å². The van der Waals surface area contributed by atoms with Crippen molar-refractivity contribution in [3.63, 3.8) is 0 Å². The molecule has 0 aromatic carbocycles. The summed E-state index contributed by atoms with van der Waals surface area (Å²) in [6.45, 7) is 2.17. The van der Waals surface area contributed by atoms with Crippen LogP contribution in [-0.2, 0) is 9.53 Å². The molecule has 110 valence electrons. The Balaban J connectivity index is 2.40. The lowest BCUT2D eigenvalue weighted by atomic mass is 10.1. The van der Waals surface area contributed by atoms with Gasteiger partial charge in [0.05, 0.1) is 9.99 Å². The molecular formula is C15H19I2NO2. The number of carbonyl (C=O) groups excluding carboxylic acids is 1. The molecule has 0 aromatic heterocycles. The van der Waals surface area contributed by atoms with Gasteiger partial charge in [-0.1, -0.05) is 55.2 Å². The van der Waals surface area contributed by atoms with Crippen molar-refractivity contribution in [2.45, 2.75) is 53.0 Å². The van der Waals surface area contributed by atoms with Crippen molar-refractivity contribution in [1.82, 2.24) is 0 Å². The molecule has 3 nitrogen and oxygen atoms in total. The third kappa shape index (κ3) is 5.72. The molecule has 0 saturated heterocycles. The van der Waals surface area contributed by atoms with E-state index in [0.717, 1.165) is 12.8 Å². The van der Waals surface area contributed by atoms with Gasteiger partial charge in [0.2, 0.25) is 0 Å². The Morgan fingerprint density at radius 1 is 1.45 bits per heavy atom. The summed E-state index contributed by atoms with van der Waals surface area (Å²) in [4.78, 5) is 11.9. The molecule has 0 bridgehead atoms. The van der Waals surface area contributed by atoms with Crippen molar-refractivity contribution in [3.8, 4) is 6.07 Å². The van der Waals surface area contributed by atoms with Gasteiger partial charge >= 0.3 is 5.97 Å². The number of allylic oxidation sites excluding steroid dienone is 2. The van der Waals surface area contributed by atoms with E-state index in [1.165, 1.54) is 19.3 Å². The van der Waals surface area contributed by atoms with Crippen molar-refractivity contribution in [2.24, 2.45) is 0 Å². The van der Waals surface area contributed by atoms with Crippen LogP contribution in [0.25, 0.3) is 0 Å². The molecule has 1 aliphatic carbocycles. The standard InChI is InChI=1S/C15H19I2NO2/c1-2-3-4-5-6-7-14(19)20-15(17)9-8-12(11-18)10-13(15)16/h8-10,13H,2-7H2,1H3. The first kappa shape index (κ1) is 18.0. The van der Waals surface area contributed by atoms with Gasteiger partial charge in [-0.25, -0.2) is 0 Å². The van der Waals surface area contributed by atoms with Gasteiger partial charge in [0.25, 0.3) is 0 Å². The number of nitriles is 1. The Morgan fingerprint density at radius 2 is 2.15 bits per heavy atom. The number of nitrogens with zero attached hydrogens (tertiary/aromatic N) is 1. The minimum Gasteiger partial charge on any atom is -0.443 e. The highest BCUT2D eigenvalue weighted by molar-refractivity contribution is 14.1. The summed E-state index contributed by atoms with van der Waals surface area (Å²) < 4.78 is 4.90. The average Bonchev–Trinajstić information content (AvgIpc) is 2.42. The maximum absolute atomic E-state index is 11.9. The van der Waals surface area contributed by atoms with Crippen LogP contribution in [0, 0.1) is 11.3 Å². The van der Waals surface area contributed by atoms with Crippen LogP contribution in [0.2, 0.25) is 0 Å². The molecule has 0 aromatic rings.